The molecule has 218 valence electrons. The van der Waals surface area contributed by atoms with Crippen LogP contribution >= 0.6 is 0 Å². The van der Waals surface area contributed by atoms with E-state index in [0.29, 0.717) is 6.61 Å². The Bertz CT molecular complexity index is 1630. The summed E-state index contributed by atoms with van der Waals surface area (Å²) in [7, 11) is 0. The van der Waals surface area contributed by atoms with Crippen LogP contribution in [0.25, 0.3) is 24.3 Å². The molecule has 0 spiro atoms. The number of rotatable bonds is 11. The van der Waals surface area contributed by atoms with Crippen molar-refractivity contribution in [3.05, 3.63) is 179 Å². The van der Waals surface area contributed by atoms with Crippen LogP contribution in [0.1, 0.15) is 40.3 Å². The minimum Gasteiger partial charge on any atom is -0.492 e. The first-order chi connectivity index (χ1) is 21.6. The summed E-state index contributed by atoms with van der Waals surface area (Å²) in [5, 5.41) is 0. The summed E-state index contributed by atoms with van der Waals surface area (Å²) in [6.45, 7) is 6.83. The third kappa shape index (κ3) is 8.36. The van der Waals surface area contributed by atoms with Gasteiger partial charge in [0.05, 0.1) is 12.3 Å². The molecular weight excluding hydrogens is 534 g/mol. The molecule has 2 nitrogen and oxygen atoms in total. The summed E-state index contributed by atoms with van der Waals surface area (Å²) in [4.78, 5) is 2.25. The highest BCUT2D eigenvalue weighted by molar-refractivity contribution is 5.81. The molecule has 0 unspecified atom stereocenters. The zero-order valence-corrected chi connectivity index (χ0v) is 25.7. The van der Waals surface area contributed by atoms with E-state index in [1.54, 1.807) is 0 Å². The fourth-order valence-corrected chi connectivity index (χ4v) is 4.84. The maximum absolute atomic E-state index is 6.05. The van der Waals surface area contributed by atoms with Crippen molar-refractivity contribution >= 4 is 41.4 Å². The molecule has 0 fully saturated rings. The van der Waals surface area contributed by atoms with E-state index in [4.69, 9.17) is 4.74 Å². The molecule has 5 rings (SSSR count). The van der Waals surface area contributed by atoms with E-state index in [1.807, 2.05) is 19.1 Å². The smallest absolute Gasteiger partial charge is 0.143 e. The standard InChI is InChI=1S/C42H39NO/c1-4-44-42-16-10-9-15-41(42)43(39-29-25-37(26-30-39)13-7-5-11-35-21-17-33(2)18-22-35)40-31-27-38(28-32-40)14-8-6-12-36-23-19-34(3)20-24-36/h5-32H,4H2,1-3H3. The van der Waals surface area contributed by atoms with Crippen LogP contribution < -0.4 is 9.64 Å². The minimum atomic E-state index is 0.602. The number of hydrogen-bond acceptors (Lipinski definition) is 2. The lowest BCUT2D eigenvalue weighted by Gasteiger charge is -2.27. The van der Waals surface area contributed by atoms with Crippen LogP contribution in [0.2, 0.25) is 0 Å². The van der Waals surface area contributed by atoms with Crippen LogP contribution in [0, 0.1) is 13.8 Å². The van der Waals surface area contributed by atoms with Crippen molar-refractivity contribution in [1.29, 1.82) is 0 Å². The van der Waals surface area contributed by atoms with Gasteiger partial charge < -0.3 is 9.64 Å². The molecule has 0 heterocycles. The summed E-state index contributed by atoms with van der Waals surface area (Å²) in [6.07, 6.45) is 16.8. The third-order valence-corrected chi connectivity index (χ3v) is 7.24. The van der Waals surface area contributed by atoms with Gasteiger partial charge in [0.2, 0.25) is 0 Å². The van der Waals surface area contributed by atoms with E-state index < -0.39 is 0 Å². The van der Waals surface area contributed by atoms with E-state index in [9.17, 15) is 0 Å². The predicted octanol–water partition coefficient (Wildman–Crippen LogP) is 11.6. The molecule has 44 heavy (non-hydrogen) atoms. The first-order valence-corrected chi connectivity index (χ1v) is 15.1. The number of aryl methyl sites for hydroxylation is 2. The summed E-state index contributed by atoms with van der Waals surface area (Å²) >= 11 is 0. The van der Waals surface area contributed by atoms with Gasteiger partial charge in [-0.25, -0.2) is 0 Å². The molecule has 0 radical (unpaired) electrons. The van der Waals surface area contributed by atoms with Gasteiger partial charge >= 0.3 is 0 Å². The summed E-state index contributed by atoms with van der Waals surface area (Å²) in [5.74, 6) is 0.852. The Morgan fingerprint density at radius 1 is 0.477 bits per heavy atom. The summed E-state index contributed by atoms with van der Waals surface area (Å²) in [6, 6.07) is 42.5. The van der Waals surface area contributed by atoms with Crippen molar-refractivity contribution in [2.75, 3.05) is 11.5 Å². The highest BCUT2D eigenvalue weighted by atomic mass is 16.5. The number of ether oxygens (including phenoxy) is 1. The zero-order valence-electron chi connectivity index (χ0n) is 25.7. The maximum Gasteiger partial charge on any atom is 0.143 e. The van der Waals surface area contributed by atoms with Crippen LogP contribution in [0.5, 0.6) is 5.75 Å². The molecule has 0 amide bonds. The fraction of sp³-hybridized carbons (Fsp3) is 0.0952. The summed E-state index contributed by atoms with van der Waals surface area (Å²) in [5.41, 5.74) is 10.3. The third-order valence-electron chi connectivity index (χ3n) is 7.24. The lowest BCUT2D eigenvalue weighted by Crippen LogP contribution is -2.11. The van der Waals surface area contributed by atoms with Crippen molar-refractivity contribution in [2.24, 2.45) is 0 Å². The molecule has 0 aliphatic heterocycles. The molecule has 2 heteroatoms. The van der Waals surface area contributed by atoms with Gasteiger partial charge in [0, 0.05) is 11.4 Å². The Morgan fingerprint density at radius 3 is 1.23 bits per heavy atom. The fourth-order valence-electron chi connectivity index (χ4n) is 4.84. The second-order valence-corrected chi connectivity index (χ2v) is 10.7. The zero-order chi connectivity index (χ0) is 30.6. The quantitative estimate of drug-likeness (QED) is 0.146. The van der Waals surface area contributed by atoms with Gasteiger partial charge in [0.25, 0.3) is 0 Å². The summed E-state index contributed by atoms with van der Waals surface area (Å²) < 4.78 is 6.05. The molecule has 5 aromatic rings. The first-order valence-electron chi connectivity index (χ1n) is 15.1. The van der Waals surface area contributed by atoms with Crippen LogP contribution in [-0.2, 0) is 0 Å². The number of benzene rings is 5. The maximum atomic E-state index is 6.05. The van der Waals surface area contributed by atoms with Crippen molar-refractivity contribution in [3.8, 4) is 5.75 Å². The largest absolute Gasteiger partial charge is 0.492 e. The Labute approximate surface area is 262 Å². The van der Waals surface area contributed by atoms with Crippen molar-refractivity contribution in [1.82, 2.24) is 0 Å². The Kier molecular flexibility index (Phi) is 10.4. The molecule has 0 aliphatic carbocycles. The Hall–Kier alpha value is -5.34. The van der Waals surface area contributed by atoms with Gasteiger partial charge in [-0.05, 0) is 79.4 Å². The second kappa shape index (κ2) is 15.2. The number of para-hydroxylation sites is 2. The van der Waals surface area contributed by atoms with Crippen LogP contribution in [0.4, 0.5) is 17.1 Å². The average Bonchev–Trinajstić information content (AvgIpc) is 3.05. The predicted molar refractivity (Wildman–Crippen MR) is 191 cm³/mol. The van der Waals surface area contributed by atoms with Crippen LogP contribution in [-0.4, -0.2) is 6.61 Å². The lowest BCUT2D eigenvalue weighted by molar-refractivity contribution is 0.341. The van der Waals surface area contributed by atoms with Crippen molar-refractivity contribution in [2.45, 2.75) is 20.8 Å². The molecule has 0 saturated carbocycles. The number of anilines is 3. The second-order valence-electron chi connectivity index (χ2n) is 10.7. The van der Waals surface area contributed by atoms with Gasteiger partial charge in [-0.2, -0.15) is 0 Å². The Morgan fingerprint density at radius 2 is 0.841 bits per heavy atom. The lowest BCUT2D eigenvalue weighted by atomic mass is 10.1. The number of hydrogen-bond donors (Lipinski definition) is 0. The van der Waals surface area contributed by atoms with Crippen molar-refractivity contribution in [3.63, 3.8) is 0 Å². The van der Waals surface area contributed by atoms with E-state index in [0.717, 1.165) is 33.9 Å². The van der Waals surface area contributed by atoms with E-state index in [1.165, 1.54) is 22.3 Å². The van der Waals surface area contributed by atoms with Crippen LogP contribution in [0.3, 0.4) is 0 Å². The van der Waals surface area contributed by atoms with Gasteiger partial charge in [-0.3, -0.25) is 0 Å². The highest BCUT2D eigenvalue weighted by Gasteiger charge is 2.16. The SMILES string of the molecule is CCOc1ccccc1N(c1ccc(C=CC=Cc2ccc(C)cc2)cc1)c1ccc(C=CC=Cc2ccc(C)cc2)cc1. The number of allylic oxidation sites excluding steroid dienone is 4. The molecule has 5 aromatic carbocycles. The van der Waals surface area contributed by atoms with E-state index in [-0.39, 0.29) is 0 Å². The van der Waals surface area contributed by atoms with Gasteiger partial charge in [-0.1, -0.05) is 145 Å². The van der Waals surface area contributed by atoms with Gasteiger partial charge in [0.1, 0.15) is 5.75 Å². The topological polar surface area (TPSA) is 12.5 Å². The molecule has 0 aromatic heterocycles. The van der Waals surface area contributed by atoms with Gasteiger partial charge in [-0.15, -0.1) is 0 Å². The molecular formula is C42H39NO. The number of nitrogens with zero attached hydrogens (tertiary/aromatic N) is 1. The molecule has 0 saturated heterocycles. The average molecular weight is 574 g/mol. The van der Waals surface area contributed by atoms with Crippen molar-refractivity contribution < 1.29 is 4.74 Å². The van der Waals surface area contributed by atoms with E-state index >= 15 is 0 Å². The van der Waals surface area contributed by atoms with Gasteiger partial charge in [0.15, 0.2) is 0 Å². The minimum absolute atomic E-state index is 0.602. The molecule has 0 bridgehead atoms. The monoisotopic (exact) mass is 573 g/mol. The molecule has 0 N–H and O–H groups in total. The van der Waals surface area contributed by atoms with E-state index in [2.05, 4.69) is 177 Å². The molecule has 0 atom stereocenters. The normalized spacial score (nSPS) is 11.7. The van der Waals surface area contributed by atoms with Crippen LogP contribution in [0.15, 0.2) is 146 Å². The first kappa shape index (κ1) is 30.1. The highest BCUT2D eigenvalue weighted by Crippen LogP contribution is 2.40. The molecule has 0 aliphatic rings. The Balaban J connectivity index is 1.36.